The molecule has 0 aliphatic rings. The summed E-state index contributed by atoms with van der Waals surface area (Å²) in [5, 5.41) is 9.06. The zero-order chi connectivity index (χ0) is 22.8. The van der Waals surface area contributed by atoms with Crippen molar-refractivity contribution in [2.45, 2.75) is 32.9 Å². The van der Waals surface area contributed by atoms with Crippen molar-refractivity contribution in [2.75, 3.05) is 11.1 Å². The Balaban J connectivity index is 1.48. The van der Waals surface area contributed by atoms with Gasteiger partial charge < -0.3 is 5.32 Å². The van der Waals surface area contributed by atoms with Gasteiger partial charge in [0.25, 0.3) is 0 Å². The molecule has 0 bridgehead atoms. The van der Waals surface area contributed by atoms with Crippen LogP contribution in [0.4, 0.5) is 5.69 Å². The van der Waals surface area contributed by atoms with E-state index in [9.17, 15) is 4.79 Å². The minimum atomic E-state index is -0.109. The Morgan fingerprint density at radius 1 is 1.09 bits per heavy atom. The van der Waals surface area contributed by atoms with Crippen molar-refractivity contribution in [3.63, 3.8) is 0 Å². The highest BCUT2D eigenvalue weighted by molar-refractivity contribution is 7.99. The van der Waals surface area contributed by atoms with Crippen molar-refractivity contribution >= 4 is 35.0 Å². The lowest BCUT2D eigenvalue weighted by Crippen LogP contribution is -2.15. The Kier molecular flexibility index (Phi) is 6.39. The molecular weight excluding hydrogens is 442 g/mol. The van der Waals surface area contributed by atoms with Gasteiger partial charge in [0.1, 0.15) is 0 Å². The van der Waals surface area contributed by atoms with Crippen LogP contribution in [-0.4, -0.2) is 31.0 Å². The van der Waals surface area contributed by atoms with Crippen LogP contribution >= 0.6 is 23.4 Å². The van der Waals surface area contributed by atoms with Crippen LogP contribution < -0.4 is 5.32 Å². The van der Waals surface area contributed by atoms with Gasteiger partial charge in [0.15, 0.2) is 5.16 Å². The number of aryl methyl sites for hydroxylation is 2. The van der Waals surface area contributed by atoms with Crippen LogP contribution in [0.2, 0.25) is 5.02 Å². The molecule has 0 saturated carbocycles. The Morgan fingerprint density at radius 3 is 2.59 bits per heavy atom. The minimum absolute atomic E-state index is 0.109. The number of nitrogens with one attached hydrogen (secondary N) is 1. The smallest absolute Gasteiger partial charge is 0.234 e. The lowest BCUT2D eigenvalue weighted by molar-refractivity contribution is -0.113. The van der Waals surface area contributed by atoms with Crippen LogP contribution in [0.15, 0.2) is 60.0 Å². The number of hydrogen-bond donors (Lipinski definition) is 1. The standard InChI is InChI=1S/C24H24ClN5OS/c1-15-8-10-19(11-9-15)30-18(4)23(17(3)28-30)27-22(31)14-32-24-26-12-13-29(24)21-7-5-6-20(25)16(21)2/h5-13H,14H2,1-4H3,(H,27,31). The number of imidazole rings is 1. The van der Waals surface area contributed by atoms with Crippen LogP contribution in [0.25, 0.3) is 11.4 Å². The number of hydrogen-bond acceptors (Lipinski definition) is 4. The van der Waals surface area contributed by atoms with E-state index in [1.54, 1.807) is 6.20 Å². The molecule has 0 aliphatic carbocycles. The van der Waals surface area contributed by atoms with E-state index in [2.05, 4.69) is 15.4 Å². The monoisotopic (exact) mass is 465 g/mol. The molecule has 1 amide bonds. The summed E-state index contributed by atoms with van der Waals surface area (Å²) in [4.78, 5) is 17.2. The largest absolute Gasteiger partial charge is 0.322 e. The number of nitrogens with zero attached hydrogens (tertiary/aromatic N) is 4. The van der Waals surface area contributed by atoms with E-state index in [0.29, 0.717) is 5.02 Å². The van der Waals surface area contributed by atoms with Gasteiger partial charge in [-0.1, -0.05) is 47.1 Å². The first-order valence-corrected chi connectivity index (χ1v) is 11.6. The Bertz CT molecular complexity index is 1280. The van der Waals surface area contributed by atoms with Crippen molar-refractivity contribution < 1.29 is 4.79 Å². The zero-order valence-corrected chi connectivity index (χ0v) is 20.0. The van der Waals surface area contributed by atoms with Crippen molar-refractivity contribution in [1.82, 2.24) is 19.3 Å². The summed E-state index contributed by atoms with van der Waals surface area (Å²) >= 11 is 7.65. The maximum Gasteiger partial charge on any atom is 0.234 e. The fraction of sp³-hybridized carbons (Fsp3) is 0.208. The Morgan fingerprint density at radius 2 is 1.84 bits per heavy atom. The first-order valence-electron chi connectivity index (χ1n) is 10.2. The number of benzene rings is 2. The van der Waals surface area contributed by atoms with Gasteiger partial charge in [0, 0.05) is 17.4 Å². The van der Waals surface area contributed by atoms with Crippen molar-refractivity contribution in [3.05, 3.63) is 82.4 Å². The van der Waals surface area contributed by atoms with E-state index in [0.717, 1.165) is 39.2 Å². The van der Waals surface area contributed by atoms with Crippen LogP contribution in [0, 0.1) is 27.7 Å². The number of thioether (sulfide) groups is 1. The van der Waals surface area contributed by atoms with Crippen molar-refractivity contribution in [2.24, 2.45) is 0 Å². The second kappa shape index (κ2) is 9.22. The van der Waals surface area contributed by atoms with E-state index in [4.69, 9.17) is 11.6 Å². The molecule has 0 radical (unpaired) electrons. The summed E-state index contributed by atoms with van der Waals surface area (Å²) in [5.74, 6) is 0.118. The van der Waals surface area contributed by atoms with Gasteiger partial charge in [-0.3, -0.25) is 9.36 Å². The van der Waals surface area contributed by atoms with Gasteiger partial charge in [-0.2, -0.15) is 5.10 Å². The second-order valence-electron chi connectivity index (χ2n) is 7.59. The lowest BCUT2D eigenvalue weighted by Gasteiger charge is -2.11. The molecule has 4 aromatic rings. The molecule has 32 heavy (non-hydrogen) atoms. The van der Waals surface area contributed by atoms with E-state index in [1.807, 2.05) is 85.6 Å². The minimum Gasteiger partial charge on any atom is -0.322 e. The molecule has 0 fully saturated rings. The third kappa shape index (κ3) is 4.45. The van der Waals surface area contributed by atoms with E-state index < -0.39 is 0 Å². The number of amides is 1. The number of halogens is 1. The molecule has 8 heteroatoms. The molecule has 2 heterocycles. The Hall–Kier alpha value is -3.03. The fourth-order valence-electron chi connectivity index (χ4n) is 3.50. The molecule has 0 unspecified atom stereocenters. The topological polar surface area (TPSA) is 64.7 Å². The van der Waals surface area contributed by atoms with Gasteiger partial charge in [0.2, 0.25) is 5.91 Å². The molecule has 2 aromatic heterocycles. The van der Waals surface area contributed by atoms with E-state index in [1.165, 1.54) is 17.3 Å². The summed E-state index contributed by atoms with van der Waals surface area (Å²) in [6.07, 6.45) is 3.60. The predicted octanol–water partition coefficient (Wildman–Crippen LogP) is 5.68. The van der Waals surface area contributed by atoms with Gasteiger partial charge in [-0.25, -0.2) is 9.67 Å². The highest BCUT2D eigenvalue weighted by Crippen LogP contribution is 2.27. The molecule has 0 saturated heterocycles. The quantitative estimate of drug-likeness (QED) is 0.372. The molecule has 0 aliphatic heterocycles. The van der Waals surface area contributed by atoms with Gasteiger partial charge in [-0.05, 0) is 57.5 Å². The number of rotatable bonds is 6. The maximum absolute atomic E-state index is 12.7. The van der Waals surface area contributed by atoms with Crippen molar-refractivity contribution in [3.8, 4) is 11.4 Å². The van der Waals surface area contributed by atoms with Crippen molar-refractivity contribution in [1.29, 1.82) is 0 Å². The summed E-state index contributed by atoms with van der Waals surface area (Å²) < 4.78 is 3.80. The first-order chi connectivity index (χ1) is 15.3. The first kappa shape index (κ1) is 22.2. The number of carbonyl (C=O) groups is 1. The van der Waals surface area contributed by atoms with E-state index in [-0.39, 0.29) is 11.7 Å². The molecular formula is C24H24ClN5OS. The summed E-state index contributed by atoms with van der Waals surface area (Å²) in [6, 6.07) is 13.9. The number of carbonyl (C=O) groups excluding carboxylic acids is 1. The summed E-state index contributed by atoms with van der Waals surface area (Å²) in [7, 11) is 0. The lowest BCUT2D eigenvalue weighted by atomic mass is 10.2. The third-order valence-electron chi connectivity index (χ3n) is 5.27. The molecule has 0 spiro atoms. The predicted molar refractivity (Wildman–Crippen MR) is 130 cm³/mol. The highest BCUT2D eigenvalue weighted by Gasteiger charge is 2.17. The molecule has 164 valence electrons. The molecule has 2 aromatic carbocycles. The second-order valence-corrected chi connectivity index (χ2v) is 8.94. The number of aromatic nitrogens is 4. The highest BCUT2D eigenvalue weighted by atomic mass is 35.5. The van der Waals surface area contributed by atoms with Gasteiger partial charge in [0.05, 0.1) is 34.2 Å². The summed E-state index contributed by atoms with van der Waals surface area (Å²) in [5.41, 5.74) is 6.47. The fourth-order valence-corrected chi connectivity index (χ4v) is 4.44. The van der Waals surface area contributed by atoms with Crippen LogP contribution in [0.3, 0.4) is 0 Å². The number of anilines is 1. The average Bonchev–Trinajstić information content (AvgIpc) is 3.35. The maximum atomic E-state index is 12.7. The molecule has 6 nitrogen and oxygen atoms in total. The van der Waals surface area contributed by atoms with Crippen LogP contribution in [-0.2, 0) is 4.79 Å². The van der Waals surface area contributed by atoms with Crippen LogP contribution in [0.1, 0.15) is 22.5 Å². The zero-order valence-electron chi connectivity index (χ0n) is 18.4. The molecule has 4 rings (SSSR count). The third-order valence-corrected chi connectivity index (χ3v) is 6.65. The molecule has 1 N–H and O–H groups in total. The molecule has 0 atom stereocenters. The SMILES string of the molecule is Cc1ccc(-n2nc(C)c(NC(=O)CSc3nccn3-c3cccc(Cl)c3C)c2C)cc1. The Labute approximate surface area is 196 Å². The van der Waals surface area contributed by atoms with Gasteiger partial charge in [-0.15, -0.1) is 0 Å². The van der Waals surface area contributed by atoms with E-state index >= 15 is 0 Å². The normalized spacial score (nSPS) is 11.0. The van der Waals surface area contributed by atoms with Gasteiger partial charge >= 0.3 is 0 Å². The van der Waals surface area contributed by atoms with Crippen LogP contribution in [0.5, 0.6) is 0 Å². The summed E-state index contributed by atoms with van der Waals surface area (Å²) in [6.45, 7) is 7.87. The average molecular weight is 466 g/mol.